The van der Waals surface area contributed by atoms with E-state index in [4.69, 9.17) is 17.3 Å². The van der Waals surface area contributed by atoms with E-state index in [9.17, 15) is 0 Å². The van der Waals surface area contributed by atoms with Gasteiger partial charge in [0, 0.05) is 16.1 Å². The van der Waals surface area contributed by atoms with Crippen LogP contribution in [0.1, 0.15) is 0 Å². The third-order valence-electron chi connectivity index (χ3n) is 1.99. The first-order chi connectivity index (χ1) is 6.66. The average Bonchev–Trinajstić information content (AvgIpc) is 2.47. The maximum Gasteiger partial charge on any atom is 0.0767 e. The zero-order valence-electron chi connectivity index (χ0n) is 7.57. The van der Waals surface area contributed by atoms with Gasteiger partial charge in [0.1, 0.15) is 0 Å². The van der Waals surface area contributed by atoms with Gasteiger partial charge in [-0.25, -0.2) is 0 Å². The summed E-state index contributed by atoms with van der Waals surface area (Å²) in [4.78, 5) is 0. The number of anilines is 1. The number of hydrogen-bond acceptors (Lipinski definition) is 2. The molecule has 2 N–H and O–H groups in total. The minimum Gasteiger partial charge on any atom is -0.399 e. The number of nitrogens with zero attached hydrogens (tertiary/aromatic N) is 2. The molecule has 0 radical (unpaired) electrons. The Labute approximate surface area is 86.8 Å². The lowest BCUT2D eigenvalue weighted by molar-refractivity contribution is 0.722. The summed E-state index contributed by atoms with van der Waals surface area (Å²) < 4.78 is 1.78. The van der Waals surface area contributed by atoms with E-state index in [1.54, 1.807) is 10.9 Å². The van der Waals surface area contributed by atoms with Gasteiger partial charge in [-0.2, -0.15) is 5.10 Å². The van der Waals surface area contributed by atoms with Crippen molar-refractivity contribution in [1.82, 2.24) is 9.78 Å². The number of hydrogen-bond donors (Lipinski definition) is 1. The lowest BCUT2D eigenvalue weighted by Gasteiger charge is -2.01. The molecule has 3 nitrogen and oxygen atoms in total. The van der Waals surface area contributed by atoms with Gasteiger partial charge in [0.2, 0.25) is 0 Å². The Bertz CT molecular complexity index is 487. The summed E-state index contributed by atoms with van der Waals surface area (Å²) in [6.45, 7) is 4.14. The smallest absolute Gasteiger partial charge is 0.0767 e. The summed E-state index contributed by atoms with van der Waals surface area (Å²) in [5, 5.41) is 5.80. The standard InChI is InChI=1S/C10H10ClN3/c1-7(11)6-14-10-4-9(12)3-2-8(10)5-13-14/h2-5H,1,6,12H2. The molecule has 0 amide bonds. The van der Waals surface area contributed by atoms with Crippen LogP contribution in [0, 0.1) is 0 Å². The molecule has 0 aliphatic carbocycles. The molecule has 72 valence electrons. The van der Waals surface area contributed by atoms with Crippen LogP contribution in [-0.2, 0) is 6.54 Å². The molecule has 0 aliphatic heterocycles. The quantitative estimate of drug-likeness (QED) is 0.769. The monoisotopic (exact) mass is 207 g/mol. The van der Waals surface area contributed by atoms with E-state index in [0.29, 0.717) is 11.6 Å². The molecule has 1 heterocycles. The molecule has 0 fully saturated rings. The minimum absolute atomic E-state index is 0.508. The maximum atomic E-state index is 5.72. The highest BCUT2D eigenvalue weighted by Crippen LogP contribution is 2.18. The van der Waals surface area contributed by atoms with Crippen molar-refractivity contribution in [1.29, 1.82) is 0 Å². The molecule has 2 rings (SSSR count). The molecule has 0 spiro atoms. The first kappa shape index (κ1) is 9.09. The molecule has 0 aliphatic rings. The van der Waals surface area contributed by atoms with Crippen LogP contribution >= 0.6 is 11.6 Å². The zero-order valence-corrected chi connectivity index (χ0v) is 8.33. The van der Waals surface area contributed by atoms with Gasteiger partial charge in [0.25, 0.3) is 0 Å². The van der Waals surface area contributed by atoms with Crippen LogP contribution in [0.5, 0.6) is 0 Å². The van der Waals surface area contributed by atoms with Crippen LogP contribution in [-0.4, -0.2) is 9.78 Å². The van der Waals surface area contributed by atoms with Crippen molar-refractivity contribution in [2.24, 2.45) is 0 Å². The lowest BCUT2D eigenvalue weighted by Crippen LogP contribution is -1.99. The minimum atomic E-state index is 0.508. The molecule has 14 heavy (non-hydrogen) atoms. The second-order valence-electron chi connectivity index (χ2n) is 3.14. The number of halogens is 1. The molecule has 0 saturated heterocycles. The topological polar surface area (TPSA) is 43.8 Å². The molecule has 1 aromatic heterocycles. The third-order valence-corrected chi connectivity index (χ3v) is 2.11. The molecule has 2 aromatic rings. The highest BCUT2D eigenvalue weighted by molar-refractivity contribution is 6.29. The predicted molar refractivity (Wildman–Crippen MR) is 59.1 cm³/mol. The van der Waals surface area contributed by atoms with E-state index in [1.807, 2.05) is 18.2 Å². The van der Waals surface area contributed by atoms with Crippen LogP contribution in [0.3, 0.4) is 0 Å². The van der Waals surface area contributed by atoms with E-state index in [2.05, 4.69) is 11.7 Å². The van der Waals surface area contributed by atoms with E-state index < -0.39 is 0 Å². The van der Waals surface area contributed by atoms with Gasteiger partial charge in [-0.1, -0.05) is 18.2 Å². The molecular formula is C10H10ClN3. The summed E-state index contributed by atoms with van der Waals surface area (Å²) in [6, 6.07) is 5.66. The number of aromatic nitrogens is 2. The Balaban J connectivity index is 2.55. The number of nitrogen functional groups attached to an aromatic ring is 1. The zero-order chi connectivity index (χ0) is 10.1. The number of rotatable bonds is 2. The normalized spacial score (nSPS) is 10.6. The molecule has 0 atom stereocenters. The first-order valence-corrected chi connectivity index (χ1v) is 4.59. The van der Waals surface area contributed by atoms with E-state index in [1.165, 1.54) is 0 Å². The van der Waals surface area contributed by atoms with E-state index in [0.717, 1.165) is 16.6 Å². The van der Waals surface area contributed by atoms with Crippen LogP contribution in [0.4, 0.5) is 5.69 Å². The third kappa shape index (κ3) is 1.59. The van der Waals surface area contributed by atoms with Crippen molar-refractivity contribution in [3.8, 4) is 0 Å². The Morgan fingerprint density at radius 3 is 3.07 bits per heavy atom. The second-order valence-corrected chi connectivity index (χ2v) is 3.67. The van der Waals surface area contributed by atoms with Gasteiger partial charge in [-0.05, 0) is 18.2 Å². The van der Waals surface area contributed by atoms with Crippen LogP contribution in [0.2, 0.25) is 0 Å². The van der Waals surface area contributed by atoms with Gasteiger partial charge in [-0.3, -0.25) is 4.68 Å². The van der Waals surface area contributed by atoms with Gasteiger partial charge in [0.05, 0.1) is 18.3 Å². The summed E-state index contributed by atoms with van der Waals surface area (Å²) in [5.74, 6) is 0. The molecular weight excluding hydrogens is 198 g/mol. The van der Waals surface area contributed by atoms with Gasteiger partial charge in [0.15, 0.2) is 0 Å². The Morgan fingerprint density at radius 2 is 2.36 bits per heavy atom. The highest BCUT2D eigenvalue weighted by Gasteiger charge is 2.02. The van der Waals surface area contributed by atoms with Crippen molar-refractivity contribution < 1.29 is 0 Å². The fourth-order valence-electron chi connectivity index (χ4n) is 1.38. The maximum absolute atomic E-state index is 5.72. The number of fused-ring (bicyclic) bond motifs is 1. The first-order valence-electron chi connectivity index (χ1n) is 4.21. The summed E-state index contributed by atoms with van der Waals surface area (Å²) in [5.41, 5.74) is 7.39. The van der Waals surface area contributed by atoms with Crippen LogP contribution in [0.15, 0.2) is 36.0 Å². The number of benzene rings is 1. The van der Waals surface area contributed by atoms with Crippen molar-refractivity contribution in [2.45, 2.75) is 6.54 Å². The predicted octanol–water partition coefficient (Wildman–Crippen LogP) is 2.37. The fourth-order valence-corrected chi connectivity index (χ4v) is 1.49. The van der Waals surface area contributed by atoms with Gasteiger partial charge in [-0.15, -0.1) is 0 Å². The van der Waals surface area contributed by atoms with Crippen LogP contribution < -0.4 is 5.73 Å². The Kier molecular flexibility index (Phi) is 2.17. The number of nitrogens with two attached hydrogens (primary N) is 1. The van der Waals surface area contributed by atoms with Crippen molar-refractivity contribution >= 4 is 28.2 Å². The average molecular weight is 208 g/mol. The largest absolute Gasteiger partial charge is 0.399 e. The second kappa shape index (κ2) is 3.35. The summed E-state index contributed by atoms with van der Waals surface area (Å²) >= 11 is 5.72. The molecule has 0 unspecified atom stereocenters. The van der Waals surface area contributed by atoms with Crippen LogP contribution in [0.25, 0.3) is 10.9 Å². The van der Waals surface area contributed by atoms with Crippen molar-refractivity contribution in [3.05, 3.63) is 36.0 Å². The molecule has 0 bridgehead atoms. The Morgan fingerprint density at radius 1 is 1.57 bits per heavy atom. The molecule has 4 heteroatoms. The lowest BCUT2D eigenvalue weighted by atomic mass is 10.2. The highest BCUT2D eigenvalue weighted by atomic mass is 35.5. The van der Waals surface area contributed by atoms with Gasteiger partial charge >= 0.3 is 0 Å². The summed E-state index contributed by atoms with van der Waals surface area (Å²) in [6.07, 6.45) is 1.79. The SMILES string of the molecule is C=C(Cl)Cn1ncc2ccc(N)cc21. The van der Waals surface area contributed by atoms with E-state index in [-0.39, 0.29) is 0 Å². The van der Waals surface area contributed by atoms with E-state index >= 15 is 0 Å². The molecule has 1 aromatic carbocycles. The number of allylic oxidation sites excluding steroid dienone is 1. The summed E-state index contributed by atoms with van der Waals surface area (Å²) in [7, 11) is 0. The van der Waals surface area contributed by atoms with Gasteiger partial charge < -0.3 is 5.73 Å². The Hall–Kier alpha value is -1.48. The van der Waals surface area contributed by atoms with Crippen molar-refractivity contribution in [2.75, 3.05) is 5.73 Å². The van der Waals surface area contributed by atoms with Crippen molar-refractivity contribution in [3.63, 3.8) is 0 Å². The molecule has 0 saturated carbocycles. The fraction of sp³-hybridized carbons (Fsp3) is 0.100.